The number of carbonyl (C=O) groups excluding carboxylic acids is 7. The van der Waals surface area contributed by atoms with Crippen molar-refractivity contribution in [2.45, 2.75) is 51.1 Å². The third-order valence-corrected chi connectivity index (χ3v) is 6.72. The molecule has 2 aliphatic heterocycles. The van der Waals surface area contributed by atoms with Gasteiger partial charge in [-0.15, -0.1) is 10.1 Å². The van der Waals surface area contributed by atoms with Crippen molar-refractivity contribution in [3.63, 3.8) is 0 Å². The van der Waals surface area contributed by atoms with Crippen LogP contribution < -0.4 is 21.9 Å². The van der Waals surface area contributed by atoms with E-state index in [0.29, 0.717) is 21.5 Å². The maximum Gasteiger partial charge on any atom is 0.355 e. The highest BCUT2D eigenvalue weighted by Crippen LogP contribution is 2.17. The van der Waals surface area contributed by atoms with Crippen LogP contribution in [0.3, 0.4) is 0 Å². The number of fused-ring (bicyclic) bond motifs is 1. The van der Waals surface area contributed by atoms with Gasteiger partial charge in [0.1, 0.15) is 6.04 Å². The summed E-state index contributed by atoms with van der Waals surface area (Å²) in [5, 5.41) is 6.10. The maximum atomic E-state index is 13.0. The van der Waals surface area contributed by atoms with Crippen molar-refractivity contribution in [2.24, 2.45) is 0 Å². The second-order valence-corrected chi connectivity index (χ2v) is 10.0. The lowest BCUT2D eigenvalue weighted by Crippen LogP contribution is -2.45. The molecule has 0 spiro atoms. The van der Waals surface area contributed by atoms with Crippen LogP contribution in [0.1, 0.15) is 54.6 Å². The van der Waals surface area contributed by atoms with Crippen LogP contribution in [0.15, 0.2) is 35.3 Å². The second-order valence-electron chi connectivity index (χ2n) is 10.0. The van der Waals surface area contributed by atoms with E-state index in [0.717, 1.165) is 0 Å². The number of nitrogens with one attached hydrogen (secondary N) is 3. The van der Waals surface area contributed by atoms with Crippen molar-refractivity contribution in [3.05, 3.63) is 52.1 Å². The molecule has 2 fully saturated rings. The van der Waals surface area contributed by atoms with Crippen LogP contribution >= 0.6 is 0 Å². The van der Waals surface area contributed by atoms with E-state index in [-0.39, 0.29) is 54.9 Å². The zero-order valence-corrected chi connectivity index (χ0v) is 23.8. The summed E-state index contributed by atoms with van der Waals surface area (Å²) in [6, 6.07) is 4.42. The highest BCUT2D eigenvalue weighted by molar-refractivity contribution is 6.03. The Labute approximate surface area is 257 Å². The molecule has 2 aliphatic rings. The number of nitrogen functional groups attached to an aromatic ring is 1. The van der Waals surface area contributed by atoms with Gasteiger partial charge in [0.15, 0.2) is 11.2 Å². The second kappa shape index (κ2) is 13.2. The number of benzene rings is 1. The number of hydrogen-bond acceptors (Lipinski definition) is 15. The average Bonchev–Trinajstić information content (AvgIpc) is 3.52. The Morgan fingerprint density at radius 3 is 2.13 bits per heavy atom. The molecule has 0 unspecified atom stereocenters. The number of H-pyrrole nitrogens is 1. The summed E-state index contributed by atoms with van der Waals surface area (Å²) in [6.07, 6.45) is -0.104. The number of aromatic nitrogens is 4. The summed E-state index contributed by atoms with van der Waals surface area (Å²) in [5.41, 5.74) is 6.14. The third kappa shape index (κ3) is 7.09. The SMILES string of the molecule is Nc1nc2ncc(CNc3ccc(C(=O)N[C@@H](CCC(=O)ON4C(=O)CCC4=O)C(=O)ON4C(=O)CCC4=O)cc3)nc2c(=O)[nH]1. The van der Waals surface area contributed by atoms with Crippen LogP contribution in [-0.4, -0.2) is 77.6 Å². The molecule has 5 rings (SSSR count). The molecule has 0 saturated carbocycles. The minimum absolute atomic E-state index is 0.0124. The summed E-state index contributed by atoms with van der Waals surface area (Å²) in [7, 11) is 0. The lowest BCUT2D eigenvalue weighted by Gasteiger charge is -2.20. The maximum absolute atomic E-state index is 13.0. The molecule has 46 heavy (non-hydrogen) atoms. The zero-order chi connectivity index (χ0) is 33.0. The van der Waals surface area contributed by atoms with Crippen molar-refractivity contribution in [1.29, 1.82) is 0 Å². The Hall–Kier alpha value is -6.27. The van der Waals surface area contributed by atoms with Gasteiger partial charge in [-0.05, 0) is 30.7 Å². The first-order valence-corrected chi connectivity index (χ1v) is 13.8. The summed E-state index contributed by atoms with van der Waals surface area (Å²) < 4.78 is 0. The first kappa shape index (κ1) is 31.2. The standard InChI is InChI=1S/C27H25N9O10/c28-27-33-23-22(25(43)34-27)31-15(12-30-23)11-29-14-3-1-13(2-4-14)24(42)32-16(26(44)46-36-19(39)8-9-20(36)40)5-10-21(41)45-35-17(37)6-7-18(35)38/h1-4,12,16,29H,5-11H2,(H,32,42)(H3,28,30,33,34,43)/t16-/m0/s1. The van der Waals surface area contributed by atoms with Gasteiger partial charge in [0.2, 0.25) is 5.95 Å². The molecule has 1 aromatic carbocycles. The van der Waals surface area contributed by atoms with Crippen molar-refractivity contribution < 1.29 is 43.2 Å². The topological polar surface area (TPSA) is 266 Å². The van der Waals surface area contributed by atoms with Gasteiger partial charge < -0.3 is 26.0 Å². The largest absolute Gasteiger partial charge is 0.379 e. The third-order valence-electron chi connectivity index (χ3n) is 6.72. The molecule has 5 amide bonds. The molecule has 19 nitrogen and oxygen atoms in total. The Bertz CT molecular complexity index is 1790. The molecule has 4 heterocycles. The quantitative estimate of drug-likeness (QED) is 0.184. The van der Waals surface area contributed by atoms with Crippen LogP contribution in [-0.2, 0) is 45.0 Å². The van der Waals surface area contributed by atoms with Crippen LogP contribution in [0.2, 0.25) is 0 Å². The molecular formula is C27H25N9O10. The molecule has 19 heteroatoms. The van der Waals surface area contributed by atoms with E-state index in [1.165, 1.54) is 18.3 Å². The molecule has 0 aliphatic carbocycles. The molecular weight excluding hydrogens is 610 g/mol. The lowest BCUT2D eigenvalue weighted by molar-refractivity contribution is -0.200. The monoisotopic (exact) mass is 635 g/mol. The number of nitrogens with zero attached hydrogens (tertiary/aromatic N) is 5. The Kier molecular flexibility index (Phi) is 8.91. The number of imide groups is 2. The van der Waals surface area contributed by atoms with E-state index in [9.17, 15) is 38.4 Å². The fourth-order valence-electron chi connectivity index (χ4n) is 4.36. The summed E-state index contributed by atoms with van der Waals surface area (Å²) in [6.45, 7) is 0.158. The molecule has 1 atom stereocenters. The van der Waals surface area contributed by atoms with Crippen LogP contribution in [0.25, 0.3) is 11.2 Å². The van der Waals surface area contributed by atoms with Gasteiger partial charge in [-0.2, -0.15) is 4.98 Å². The Morgan fingerprint density at radius 1 is 0.891 bits per heavy atom. The number of carbonyl (C=O) groups is 7. The van der Waals surface area contributed by atoms with Gasteiger partial charge in [0.05, 0.1) is 24.9 Å². The molecule has 0 radical (unpaired) electrons. The first-order chi connectivity index (χ1) is 22.0. The van der Waals surface area contributed by atoms with E-state index in [1.807, 2.05) is 0 Å². The number of nitrogens with two attached hydrogens (primary N) is 1. The molecule has 2 aromatic heterocycles. The van der Waals surface area contributed by atoms with Crippen LogP contribution in [0.5, 0.6) is 0 Å². The van der Waals surface area contributed by atoms with Gasteiger partial charge in [0.25, 0.3) is 35.1 Å². The number of amides is 5. The minimum Gasteiger partial charge on any atom is -0.379 e. The predicted molar refractivity (Wildman–Crippen MR) is 151 cm³/mol. The fourth-order valence-corrected chi connectivity index (χ4v) is 4.36. The van der Waals surface area contributed by atoms with Gasteiger partial charge in [0, 0.05) is 36.9 Å². The normalized spacial score (nSPS) is 15.3. The van der Waals surface area contributed by atoms with Gasteiger partial charge >= 0.3 is 11.9 Å². The number of aromatic amines is 1. The number of rotatable bonds is 11. The molecule has 3 aromatic rings. The van der Waals surface area contributed by atoms with Crippen LogP contribution in [0, 0.1) is 0 Å². The van der Waals surface area contributed by atoms with E-state index < -0.39 is 65.9 Å². The van der Waals surface area contributed by atoms with E-state index in [4.69, 9.17) is 15.4 Å². The molecule has 2 saturated heterocycles. The molecule has 238 valence electrons. The van der Waals surface area contributed by atoms with Gasteiger partial charge in [-0.1, -0.05) is 0 Å². The number of anilines is 2. The highest BCUT2D eigenvalue weighted by atomic mass is 16.7. The molecule has 5 N–H and O–H groups in total. The smallest absolute Gasteiger partial charge is 0.355 e. The van der Waals surface area contributed by atoms with Crippen molar-refractivity contribution in [3.8, 4) is 0 Å². The van der Waals surface area contributed by atoms with Crippen LogP contribution in [0.4, 0.5) is 11.6 Å². The zero-order valence-electron chi connectivity index (χ0n) is 23.8. The Morgan fingerprint density at radius 2 is 1.50 bits per heavy atom. The highest BCUT2D eigenvalue weighted by Gasteiger charge is 2.36. The van der Waals surface area contributed by atoms with Gasteiger partial charge in [-0.3, -0.25) is 33.8 Å². The molecule has 0 bridgehead atoms. The summed E-state index contributed by atoms with van der Waals surface area (Å²) in [5.74, 6) is -6.00. The van der Waals surface area contributed by atoms with Crippen molar-refractivity contribution in [2.75, 3.05) is 11.1 Å². The number of hydroxylamine groups is 4. The Balaban J connectivity index is 1.22. The van der Waals surface area contributed by atoms with Crippen molar-refractivity contribution >= 4 is 64.3 Å². The van der Waals surface area contributed by atoms with Gasteiger partial charge in [-0.25, -0.2) is 19.6 Å². The van der Waals surface area contributed by atoms with E-state index in [1.54, 1.807) is 12.1 Å². The number of hydrogen-bond donors (Lipinski definition) is 4. The lowest BCUT2D eigenvalue weighted by atomic mass is 10.1. The summed E-state index contributed by atoms with van der Waals surface area (Å²) >= 11 is 0. The minimum atomic E-state index is -1.54. The van der Waals surface area contributed by atoms with Crippen molar-refractivity contribution in [1.82, 2.24) is 35.4 Å². The summed E-state index contributed by atoms with van der Waals surface area (Å²) in [4.78, 5) is 122. The average molecular weight is 636 g/mol. The van der Waals surface area contributed by atoms with E-state index in [2.05, 4.69) is 30.6 Å². The fraction of sp³-hybridized carbons (Fsp3) is 0.296. The predicted octanol–water partition coefficient (Wildman–Crippen LogP) is -1.000. The van der Waals surface area contributed by atoms with E-state index >= 15 is 0 Å². The first-order valence-electron chi connectivity index (χ1n) is 13.8.